The average Bonchev–Trinajstić information content (AvgIpc) is 2.77. The number of halogens is 7. The van der Waals surface area contributed by atoms with Crippen LogP contribution in [0, 0.1) is 0 Å². The van der Waals surface area contributed by atoms with Gasteiger partial charge in [0.1, 0.15) is 0 Å². The Labute approximate surface area is 219 Å². The van der Waals surface area contributed by atoms with Gasteiger partial charge in [0, 0.05) is 63.7 Å². The Morgan fingerprint density at radius 3 is 1.03 bits per heavy atom. The summed E-state index contributed by atoms with van der Waals surface area (Å²) in [4.78, 5) is 4.48. The Kier molecular flexibility index (Phi) is 11.4. The molecule has 172 valence electrons. The van der Waals surface area contributed by atoms with Crippen molar-refractivity contribution in [3.63, 3.8) is 0 Å². The molecule has 2 aromatic carbocycles. The number of rotatable bonds is 2. The SMILES string of the molecule is Cl.Clc1cc(N2CCNCC2)cc(Cl)c1Cl.Clc1cc(N2CCNCC2)cc(Cl)c1Cl. The van der Waals surface area contributed by atoms with E-state index >= 15 is 0 Å². The molecule has 2 heterocycles. The standard InChI is InChI=1S/2C10H11Cl3N2.ClH/c2*11-8-5-7(6-9(12)10(8)13)15-3-1-14-2-4-15;/h2*5-6,14H,1-4H2;1H. The zero-order valence-electron chi connectivity index (χ0n) is 16.5. The van der Waals surface area contributed by atoms with Crippen LogP contribution in [0.15, 0.2) is 24.3 Å². The molecule has 0 bridgehead atoms. The van der Waals surface area contributed by atoms with Crippen LogP contribution in [-0.2, 0) is 0 Å². The molecule has 2 saturated heterocycles. The number of nitrogens with zero attached hydrogens (tertiary/aromatic N) is 2. The van der Waals surface area contributed by atoms with Gasteiger partial charge in [-0.15, -0.1) is 12.4 Å². The van der Waals surface area contributed by atoms with Crippen molar-refractivity contribution in [2.24, 2.45) is 0 Å². The smallest absolute Gasteiger partial charge is 0.0780 e. The van der Waals surface area contributed by atoms with Crippen LogP contribution in [0.3, 0.4) is 0 Å². The molecule has 4 rings (SSSR count). The Morgan fingerprint density at radius 2 is 0.774 bits per heavy atom. The van der Waals surface area contributed by atoms with Crippen LogP contribution in [0.1, 0.15) is 0 Å². The van der Waals surface area contributed by atoms with E-state index < -0.39 is 0 Å². The van der Waals surface area contributed by atoms with Crippen molar-refractivity contribution in [3.8, 4) is 0 Å². The molecule has 11 heteroatoms. The second kappa shape index (κ2) is 13.0. The fraction of sp³-hybridized carbons (Fsp3) is 0.400. The summed E-state index contributed by atoms with van der Waals surface area (Å²) in [6.07, 6.45) is 0. The summed E-state index contributed by atoms with van der Waals surface area (Å²) < 4.78 is 0. The molecule has 2 fully saturated rings. The molecule has 0 atom stereocenters. The van der Waals surface area contributed by atoms with Gasteiger partial charge in [0.15, 0.2) is 0 Å². The van der Waals surface area contributed by atoms with E-state index in [9.17, 15) is 0 Å². The highest BCUT2D eigenvalue weighted by Crippen LogP contribution is 2.35. The van der Waals surface area contributed by atoms with Gasteiger partial charge in [0.25, 0.3) is 0 Å². The maximum absolute atomic E-state index is 5.98. The highest BCUT2D eigenvalue weighted by molar-refractivity contribution is 6.48. The maximum Gasteiger partial charge on any atom is 0.0780 e. The minimum absolute atomic E-state index is 0. The topological polar surface area (TPSA) is 30.5 Å². The van der Waals surface area contributed by atoms with Gasteiger partial charge in [0.05, 0.1) is 30.1 Å². The highest BCUT2D eigenvalue weighted by atomic mass is 35.5. The summed E-state index contributed by atoms with van der Waals surface area (Å²) in [5, 5.41) is 9.49. The Morgan fingerprint density at radius 1 is 0.516 bits per heavy atom. The Balaban J connectivity index is 0.000000213. The lowest BCUT2D eigenvalue weighted by molar-refractivity contribution is 0.589. The molecule has 0 aliphatic carbocycles. The lowest BCUT2D eigenvalue weighted by atomic mass is 10.2. The quantitative estimate of drug-likeness (QED) is 0.404. The minimum Gasteiger partial charge on any atom is -0.369 e. The molecule has 4 nitrogen and oxygen atoms in total. The van der Waals surface area contributed by atoms with Crippen LogP contribution in [0.5, 0.6) is 0 Å². The third-order valence-corrected chi connectivity index (χ3v) is 7.30. The van der Waals surface area contributed by atoms with E-state index in [2.05, 4.69) is 20.4 Å². The molecule has 2 aromatic rings. The van der Waals surface area contributed by atoms with Gasteiger partial charge in [-0.1, -0.05) is 69.6 Å². The van der Waals surface area contributed by atoms with Crippen LogP contribution in [0.25, 0.3) is 0 Å². The molecule has 31 heavy (non-hydrogen) atoms. The summed E-state index contributed by atoms with van der Waals surface area (Å²) in [7, 11) is 0. The van der Waals surface area contributed by atoms with Crippen LogP contribution in [0.4, 0.5) is 11.4 Å². The number of piperazine rings is 2. The fourth-order valence-corrected chi connectivity index (χ4v) is 4.46. The lowest BCUT2D eigenvalue weighted by Crippen LogP contribution is -2.43. The van der Waals surface area contributed by atoms with Crippen molar-refractivity contribution in [3.05, 3.63) is 54.4 Å². The molecule has 2 aliphatic rings. The third kappa shape index (κ3) is 7.49. The van der Waals surface area contributed by atoms with Crippen molar-refractivity contribution < 1.29 is 0 Å². The zero-order chi connectivity index (χ0) is 21.7. The van der Waals surface area contributed by atoms with E-state index in [1.807, 2.05) is 24.3 Å². The predicted molar refractivity (Wildman–Crippen MR) is 140 cm³/mol. The van der Waals surface area contributed by atoms with Gasteiger partial charge < -0.3 is 20.4 Å². The third-order valence-electron chi connectivity index (χ3n) is 4.90. The highest BCUT2D eigenvalue weighted by Gasteiger charge is 2.15. The summed E-state index contributed by atoms with van der Waals surface area (Å²) in [5.41, 5.74) is 2.08. The first kappa shape index (κ1) is 27.2. The first-order chi connectivity index (χ1) is 14.4. The molecule has 2 N–H and O–H groups in total. The molecular weight excluding hydrogens is 544 g/mol. The van der Waals surface area contributed by atoms with Crippen molar-refractivity contribution in [2.45, 2.75) is 0 Å². The molecular formula is C20H23Cl7N4. The number of anilines is 2. The molecule has 0 amide bonds. The minimum atomic E-state index is 0. The van der Waals surface area contributed by atoms with Gasteiger partial charge in [0.2, 0.25) is 0 Å². The Bertz CT molecular complexity index is 751. The summed E-state index contributed by atoms with van der Waals surface area (Å²) in [6.45, 7) is 7.80. The number of benzene rings is 2. The number of nitrogens with one attached hydrogen (secondary N) is 2. The molecule has 0 spiro atoms. The molecule has 0 saturated carbocycles. The fourth-order valence-electron chi connectivity index (χ4n) is 3.30. The lowest BCUT2D eigenvalue weighted by Gasteiger charge is -2.29. The normalized spacial score (nSPS) is 16.3. The van der Waals surface area contributed by atoms with Crippen molar-refractivity contribution >= 4 is 93.4 Å². The van der Waals surface area contributed by atoms with E-state index in [4.69, 9.17) is 69.6 Å². The summed E-state index contributed by atoms with van der Waals surface area (Å²) in [5.74, 6) is 0. The maximum atomic E-state index is 5.98. The largest absolute Gasteiger partial charge is 0.369 e. The van der Waals surface area contributed by atoms with Gasteiger partial charge in [-0.3, -0.25) is 0 Å². The van der Waals surface area contributed by atoms with Gasteiger partial charge >= 0.3 is 0 Å². The van der Waals surface area contributed by atoms with Crippen molar-refractivity contribution in [2.75, 3.05) is 62.2 Å². The van der Waals surface area contributed by atoms with Crippen LogP contribution >= 0.6 is 82.0 Å². The predicted octanol–water partition coefficient (Wildman–Crippen LogP) is 6.53. The summed E-state index contributed by atoms with van der Waals surface area (Å²) in [6, 6.07) is 7.45. The molecule has 0 radical (unpaired) electrons. The molecule has 0 aromatic heterocycles. The van der Waals surface area contributed by atoms with E-state index in [0.29, 0.717) is 30.1 Å². The van der Waals surface area contributed by atoms with Crippen LogP contribution in [0.2, 0.25) is 30.1 Å². The average molecular weight is 568 g/mol. The first-order valence-electron chi connectivity index (χ1n) is 9.57. The van der Waals surface area contributed by atoms with Crippen molar-refractivity contribution in [1.29, 1.82) is 0 Å². The van der Waals surface area contributed by atoms with E-state index in [1.54, 1.807) is 0 Å². The van der Waals surface area contributed by atoms with E-state index in [-0.39, 0.29) is 12.4 Å². The zero-order valence-corrected chi connectivity index (χ0v) is 21.9. The number of hydrogen-bond donors (Lipinski definition) is 2. The summed E-state index contributed by atoms with van der Waals surface area (Å²) >= 11 is 35.7. The van der Waals surface area contributed by atoms with E-state index in [1.165, 1.54) is 0 Å². The van der Waals surface area contributed by atoms with Gasteiger partial charge in [-0.25, -0.2) is 0 Å². The monoisotopic (exact) mass is 564 g/mol. The number of hydrogen-bond acceptors (Lipinski definition) is 4. The van der Waals surface area contributed by atoms with Gasteiger partial charge in [-0.2, -0.15) is 0 Å². The second-order valence-electron chi connectivity index (χ2n) is 6.92. The van der Waals surface area contributed by atoms with E-state index in [0.717, 1.165) is 63.7 Å². The van der Waals surface area contributed by atoms with Gasteiger partial charge in [-0.05, 0) is 24.3 Å². The van der Waals surface area contributed by atoms with Crippen LogP contribution < -0.4 is 20.4 Å². The second-order valence-corrected chi connectivity index (χ2v) is 9.31. The first-order valence-corrected chi connectivity index (χ1v) is 11.8. The Hall–Kier alpha value is -0.0100. The van der Waals surface area contributed by atoms with Crippen LogP contribution in [-0.4, -0.2) is 52.4 Å². The molecule has 0 unspecified atom stereocenters. The molecule has 2 aliphatic heterocycles. The van der Waals surface area contributed by atoms with Crippen molar-refractivity contribution in [1.82, 2.24) is 10.6 Å².